The predicted octanol–water partition coefficient (Wildman–Crippen LogP) is 1.56. The number of benzene rings is 1. The number of amides is 2. The first kappa shape index (κ1) is 16.1. The molecule has 0 aliphatic carbocycles. The fraction of sp³-hybridized carbons (Fsp3) is 0.286. The number of carbonyl (C=O) groups excluding carboxylic acids is 2. The van der Waals surface area contributed by atoms with Crippen LogP contribution < -0.4 is 10.6 Å². The van der Waals surface area contributed by atoms with Gasteiger partial charge in [-0.1, -0.05) is 29.5 Å². The van der Waals surface area contributed by atoms with Gasteiger partial charge in [-0.25, -0.2) is 0 Å². The Morgan fingerprint density at radius 2 is 1.82 bits per heavy atom. The Morgan fingerprint density at radius 1 is 1.14 bits per heavy atom. The summed E-state index contributed by atoms with van der Waals surface area (Å²) in [5.41, 5.74) is 0.660. The van der Waals surface area contributed by atoms with Crippen molar-refractivity contribution in [2.75, 3.05) is 25.6 Å². The van der Waals surface area contributed by atoms with Crippen LogP contribution in [0.15, 0.2) is 30.3 Å². The van der Waals surface area contributed by atoms with Crippen molar-refractivity contribution in [2.45, 2.75) is 6.42 Å². The number of para-hydroxylation sites is 1. The number of aromatic nitrogens is 2. The van der Waals surface area contributed by atoms with E-state index in [0.717, 1.165) is 11.3 Å². The van der Waals surface area contributed by atoms with Crippen molar-refractivity contribution in [2.24, 2.45) is 0 Å². The van der Waals surface area contributed by atoms with Crippen molar-refractivity contribution in [1.82, 2.24) is 15.5 Å². The summed E-state index contributed by atoms with van der Waals surface area (Å²) < 4.78 is 4.89. The maximum absolute atomic E-state index is 12.0. The maximum atomic E-state index is 12.0. The van der Waals surface area contributed by atoms with Crippen molar-refractivity contribution in [3.05, 3.63) is 40.3 Å². The number of nitrogens with one attached hydrogen (secondary N) is 2. The molecule has 2 rings (SSSR count). The van der Waals surface area contributed by atoms with E-state index in [1.807, 2.05) is 18.2 Å². The molecule has 116 valence electrons. The summed E-state index contributed by atoms with van der Waals surface area (Å²) in [6.07, 6.45) is 0.711. The molecule has 1 aromatic carbocycles. The van der Waals surface area contributed by atoms with Gasteiger partial charge in [0.25, 0.3) is 11.8 Å². The lowest BCUT2D eigenvalue weighted by atomic mass is 10.3. The molecule has 0 saturated carbocycles. The van der Waals surface area contributed by atoms with Gasteiger partial charge in [-0.05, 0) is 18.6 Å². The van der Waals surface area contributed by atoms with Crippen LogP contribution in [0.3, 0.4) is 0 Å². The SMILES string of the molecule is COCCCNC(=O)c1nnc(C(=O)Nc2ccccc2)s1. The molecule has 0 radical (unpaired) electrons. The van der Waals surface area contributed by atoms with E-state index in [-0.39, 0.29) is 21.8 Å². The molecule has 2 N–H and O–H groups in total. The lowest BCUT2D eigenvalue weighted by Gasteiger charge is -2.01. The summed E-state index contributed by atoms with van der Waals surface area (Å²) >= 11 is 0.955. The van der Waals surface area contributed by atoms with Crippen LogP contribution in [-0.2, 0) is 4.74 Å². The molecule has 2 amide bonds. The van der Waals surface area contributed by atoms with Gasteiger partial charge >= 0.3 is 0 Å². The standard InChI is InChI=1S/C14H16N4O3S/c1-21-9-5-8-15-11(19)13-17-18-14(22-13)12(20)16-10-6-3-2-4-7-10/h2-4,6-7H,5,8-9H2,1H3,(H,15,19)(H,16,20). The average molecular weight is 320 g/mol. The molecular formula is C14H16N4O3S. The highest BCUT2D eigenvalue weighted by molar-refractivity contribution is 7.15. The van der Waals surface area contributed by atoms with Crippen LogP contribution in [0, 0.1) is 0 Å². The maximum Gasteiger partial charge on any atom is 0.286 e. The van der Waals surface area contributed by atoms with Crippen molar-refractivity contribution >= 4 is 28.8 Å². The van der Waals surface area contributed by atoms with Gasteiger partial charge < -0.3 is 15.4 Å². The Morgan fingerprint density at radius 3 is 2.50 bits per heavy atom. The highest BCUT2D eigenvalue weighted by atomic mass is 32.1. The molecular weight excluding hydrogens is 304 g/mol. The molecule has 0 aliphatic rings. The van der Waals surface area contributed by atoms with E-state index in [0.29, 0.717) is 25.3 Å². The van der Waals surface area contributed by atoms with E-state index >= 15 is 0 Å². The Kier molecular flexibility index (Phi) is 5.99. The van der Waals surface area contributed by atoms with E-state index in [9.17, 15) is 9.59 Å². The topological polar surface area (TPSA) is 93.2 Å². The summed E-state index contributed by atoms with van der Waals surface area (Å²) in [7, 11) is 1.60. The lowest BCUT2D eigenvalue weighted by molar-refractivity contribution is 0.0946. The first-order valence-electron chi connectivity index (χ1n) is 6.67. The summed E-state index contributed by atoms with van der Waals surface area (Å²) in [6, 6.07) is 9.01. The molecule has 1 heterocycles. The highest BCUT2D eigenvalue weighted by Gasteiger charge is 2.17. The Labute approximate surface area is 131 Å². The molecule has 2 aromatic rings. The van der Waals surface area contributed by atoms with Crippen LogP contribution in [0.25, 0.3) is 0 Å². The molecule has 0 unspecified atom stereocenters. The summed E-state index contributed by atoms with van der Waals surface area (Å²) in [6.45, 7) is 1.05. The largest absolute Gasteiger partial charge is 0.385 e. The fourth-order valence-corrected chi connectivity index (χ4v) is 2.26. The third-order valence-corrected chi connectivity index (χ3v) is 3.58. The molecule has 0 spiro atoms. The number of nitrogens with zero attached hydrogens (tertiary/aromatic N) is 2. The first-order chi connectivity index (χ1) is 10.7. The third kappa shape index (κ3) is 4.61. The van der Waals surface area contributed by atoms with Gasteiger partial charge in [-0.3, -0.25) is 9.59 Å². The third-order valence-electron chi connectivity index (χ3n) is 2.66. The van der Waals surface area contributed by atoms with E-state index in [2.05, 4.69) is 20.8 Å². The minimum atomic E-state index is -0.387. The van der Waals surface area contributed by atoms with Crippen LogP contribution in [0.4, 0.5) is 5.69 Å². The van der Waals surface area contributed by atoms with Crippen molar-refractivity contribution in [1.29, 1.82) is 0 Å². The minimum Gasteiger partial charge on any atom is -0.385 e. The summed E-state index contributed by atoms with van der Waals surface area (Å²) in [5.74, 6) is -0.727. The fourth-order valence-electron chi connectivity index (χ4n) is 1.61. The van der Waals surface area contributed by atoms with Crippen LogP contribution in [0.1, 0.15) is 26.0 Å². The number of hydrogen-bond acceptors (Lipinski definition) is 6. The number of carbonyl (C=O) groups is 2. The zero-order valence-corrected chi connectivity index (χ0v) is 12.9. The van der Waals surface area contributed by atoms with E-state index in [1.165, 1.54) is 0 Å². The Hall–Kier alpha value is -2.32. The minimum absolute atomic E-state index is 0.144. The number of ether oxygens (including phenoxy) is 1. The number of rotatable bonds is 7. The molecule has 22 heavy (non-hydrogen) atoms. The smallest absolute Gasteiger partial charge is 0.286 e. The van der Waals surface area contributed by atoms with Gasteiger partial charge in [0.2, 0.25) is 10.0 Å². The first-order valence-corrected chi connectivity index (χ1v) is 7.49. The number of methoxy groups -OCH3 is 1. The molecule has 0 saturated heterocycles. The Balaban J connectivity index is 1.90. The Bertz CT molecular complexity index is 630. The van der Waals surface area contributed by atoms with Gasteiger partial charge in [0.05, 0.1) is 0 Å². The molecule has 0 bridgehead atoms. The highest BCUT2D eigenvalue weighted by Crippen LogP contribution is 2.13. The number of hydrogen-bond donors (Lipinski definition) is 2. The van der Waals surface area contributed by atoms with Crippen molar-refractivity contribution < 1.29 is 14.3 Å². The van der Waals surface area contributed by atoms with Crippen LogP contribution in [0.5, 0.6) is 0 Å². The zero-order valence-electron chi connectivity index (χ0n) is 12.0. The normalized spacial score (nSPS) is 10.2. The zero-order chi connectivity index (χ0) is 15.8. The molecule has 7 nitrogen and oxygen atoms in total. The van der Waals surface area contributed by atoms with Crippen LogP contribution in [0.2, 0.25) is 0 Å². The quantitative estimate of drug-likeness (QED) is 0.755. The molecule has 8 heteroatoms. The second-order valence-electron chi connectivity index (χ2n) is 4.33. The molecule has 0 atom stereocenters. The van der Waals surface area contributed by atoms with Gasteiger partial charge in [-0.2, -0.15) is 0 Å². The van der Waals surface area contributed by atoms with Gasteiger partial charge in [-0.15, -0.1) is 10.2 Å². The average Bonchev–Trinajstić information content (AvgIpc) is 3.02. The second-order valence-corrected chi connectivity index (χ2v) is 5.31. The van der Waals surface area contributed by atoms with E-state index in [1.54, 1.807) is 19.2 Å². The van der Waals surface area contributed by atoms with Crippen LogP contribution in [-0.4, -0.2) is 42.3 Å². The second kappa shape index (κ2) is 8.20. The number of anilines is 1. The van der Waals surface area contributed by atoms with Crippen LogP contribution >= 0.6 is 11.3 Å². The molecule has 0 aliphatic heterocycles. The molecule has 0 fully saturated rings. The van der Waals surface area contributed by atoms with Gasteiger partial charge in [0.1, 0.15) is 0 Å². The predicted molar refractivity (Wildman–Crippen MR) is 83.1 cm³/mol. The summed E-state index contributed by atoms with van der Waals surface area (Å²) in [5, 5.41) is 13.2. The van der Waals surface area contributed by atoms with E-state index in [4.69, 9.17) is 4.74 Å². The molecule has 1 aromatic heterocycles. The van der Waals surface area contributed by atoms with Crippen molar-refractivity contribution in [3.63, 3.8) is 0 Å². The van der Waals surface area contributed by atoms with Crippen molar-refractivity contribution in [3.8, 4) is 0 Å². The van der Waals surface area contributed by atoms with Gasteiger partial charge in [0, 0.05) is 25.9 Å². The lowest BCUT2D eigenvalue weighted by Crippen LogP contribution is -2.25. The van der Waals surface area contributed by atoms with Gasteiger partial charge in [0.15, 0.2) is 0 Å². The monoisotopic (exact) mass is 320 g/mol. The summed E-state index contributed by atoms with van der Waals surface area (Å²) in [4.78, 5) is 23.8. The van der Waals surface area contributed by atoms with E-state index < -0.39 is 0 Å².